The van der Waals surface area contributed by atoms with Gasteiger partial charge in [0, 0.05) is 23.8 Å². The van der Waals surface area contributed by atoms with Crippen molar-refractivity contribution < 1.29 is 14.9 Å². The molecule has 1 fully saturated rings. The second kappa shape index (κ2) is 7.40. The minimum atomic E-state index is -0.292. The van der Waals surface area contributed by atoms with Crippen LogP contribution < -0.4 is 4.74 Å². The molecule has 0 spiro atoms. The molecule has 148 valence electrons. The van der Waals surface area contributed by atoms with Crippen molar-refractivity contribution in [2.45, 2.75) is 95.7 Å². The van der Waals surface area contributed by atoms with E-state index in [9.17, 15) is 10.2 Å². The molecule has 3 atom stereocenters. The molecule has 0 radical (unpaired) electrons. The minimum absolute atomic E-state index is 0.0580. The largest absolute Gasteiger partial charge is 0.508 e. The zero-order chi connectivity index (χ0) is 19.8. The number of fused-ring (bicyclic) bond motifs is 3. The molecule has 3 heteroatoms. The maximum absolute atomic E-state index is 10.9. The summed E-state index contributed by atoms with van der Waals surface area (Å²) in [5, 5.41) is 21.1. The first-order valence-corrected chi connectivity index (χ1v) is 10.3. The molecule has 1 aliphatic heterocycles. The normalized spacial score (nSPS) is 26.4. The lowest BCUT2D eigenvalue weighted by atomic mass is 9.65. The summed E-state index contributed by atoms with van der Waals surface area (Å²) >= 11 is 0. The number of unbranched alkanes of at least 4 members (excludes halogenated alkanes) is 2. The van der Waals surface area contributed by atoms with Gasteiger partial charge >= 0.3 is 0 Å². The molecule has 0 aromatic heterocycles. The van der Waals surface area contributed by atoms with E-state index < -0.39 is 0 Å². The average Bonchev–Trinajstić information content (AvgIpc) is 2.57. The summed E-state index contributed by atoms with van der Waals surface area (Å²) in [6, 6.07) is 4.04. The zero-order valence-electron chi connectivity index (χ0n) is 17.2. The molecule has 3 nitrogen and oxygen atoms in total. The van der Waals surface area contributed by atoms with E-state index in [0.717, 1.165) is 55.4 Å². The highest BCUT2D eigenvalue weighted by atomic mass is 16.5. The summed E-state index contributed by atoms with van der Waals surface area (Å²) in [6.07, 6.45) is 11.4. The summed E-state index contributed by atoms with van der Waals surface area (Å²) in [5.41, 5.74) is 1.65. The van der Waals surface area contributed by atoms with Gasteiger partial charge in [0.15, 0.2) is 0 Å². The van der Waals surface area contributed by atoms with Gasteiger partial charge in [-0.1, -0.05) is 20.3 Å². The Bertz CT molecular complexity index is 726. The van der Waals surface area contributed by atoms with Gasteiger partial charge in [-0.15, -0.1) is 12.3 Å². The molecule has 0 bridgehead atoms. The van der Waals surface area contributed by atoms with Crippen LogP contribution in [0.2, 0.25) is 0 Å². The Balaban J connectivity index is 1.93. The lowest BCUT2D eigenvalue weighted by Crippen LogP contribution is -2.47. The predicted octanol–water partition coefficient (Wildman–Crippen LogP) is 5.28. The van der Waals surface area contributed by atoms with E-state index in [0.29, 0.717) is 18.1 Å². The highest BCUT2D eigenvalue weighted by Crippen LogP contribution is 2.55. The Labute approximate surface area is 164 Å². The Morgan fingerprint density at radius 1 is 1.26 bits per heavy atom. The topological polar surface area (TPSA) is 49.7 Å². The number of ether oxygens (including phenoxy) is 1. The first-order chi connectivity index (χ1) is 12.7. The molecular formula is C24H34O3. The van der Waals surface area contributed by atoms with Crippen molar-refractivity contribution in [2.75, 3.05) is 0 Å². The van der Waals surface area contributed by atoms with Crippen LogP contribution in [-0.2, 0) is 5.41 Å². The fourth-order valence-electron chi connectivity index (χ4n) is 5.06. The van der Waals surface area contributed by atoms with E-state index in [1.807, 2.05) is 6.07 Å². The first kappa shape index (κ1) is 20.1. The van der Waals surface area contributed by atoms with Gasteiger partial charge in [0.25, 0.3) is 0 Å². The summed E-state index contributed by atoms with van der Waals surface area (Å²) in [7, 11) is 0. The van der Waals surface area contributed by atoms with Crippen LogP contribution in [0.25, 0.3) is 0 Å². The van der Waals surface area contributed by atoms with E-state index in [2.05, 4.69) is 39.7 Å². The number of phenolic OH excluding ortho intramolecular Hbond substituents is 1. The Morgan fingerprint density at radius 3 is 2.70 bits per heavy atom. The Kier molecular flexibility index (Phi) is 5.50. The predicted molar refractivity (Wildman–Crippen MR) is 109 cm³/mol. The molecule has 2 aliphatic rings. The molecule has 0 amide bonds. The Hall–Kier alpha value is -1.66. The fourth-order valence-corrected chi connectivity index (χ4v) is 5.06. The van der Waals surface area contributed by atoms with Crippen LogP contribution in [0.1, 0.15) is 89.7 Å². The maximum atomic E-state index is 10.9. The second-order valence-corrected chi connectivity index (χ2v) is 9.59. The first-order valence-electron chi connectivity index (χ1n) is 10.3. The molecule has 3 rings (SSSR count). The molecular weight excluding hydrogens is 336 g/mol. The second-order valence-electron chi connectivity index (χ2n) is 9.59. The molecule has 1 aromatic carbocycles. The van der Waals surface area contributed by atoms with Crippen LogP contribution >= 0.6 is 0 Å². The van der Waals surface area contributed by atoms with Crippen LogP contribution in [0, 0.1) is 18.3 Å². The van der Waals surface area contributed by atoms with Crippen molar-refractivity contribution in [3.63, 3.8) is 0 Å². The highest BCUT2D eigenvalue weighted by molar-refractivity contribution is 5.53. The Morgan fingerprint density at radius 2 is 2.00 bits per heavy atom. The molecule has 2 unspecified atom stereocenters. The quantitative estimate of drug-likeness (QED) is 0.548. The van der Waals surface area contributed by atoms with Crippen LogP contribution in [-0.4, -0.2) is 21.9 Å². The van der Waals surface area contributed by atoms with Gasteiger partial charge in [-0.2, -0.15) is 0 Å². The number of hydrogen-bond acceptors (Lipinski definition) is 3. The summed E-state index contributed by atoms with van der Waals surface area (Å²) in [4.78, 5) is 0. The van der Waals surface area contributed by atoms with Crippen molar-refractivity contribution in [3.8, 4) is 23.8 Å². The zero-order valence-corrected chi connectivity index (χ0v) is 17.2. The van der Waals surface area contributed by atoms with Crippen LogP contribution in [0.3, 0.4) is 0 Å². The minimum Gasteiger partial charge on any atom is -0.508 e. The van der Waals surface area contributed by atoms with Crippen molar-refractivity contribution in [1.82, 2.24) is 0 Å². The average molecular weight is 371 g/mol. The van der Waals surface area contributed by atoms with Gasteiger partial charge in [-0.25, -0.2) is 0 Å². The standard InChI is InChI=1S/C24H34O3/c1-6-7-8-9-12-23(2,3)16-13-20(26)22-18-15-17(25)10-11-19(18)24(4,5)27-21(22)14-16/h1,13-14,17-19,25-26H,7-12,15H2,2-5H3/t17-,18?,19?/m0/s1. The van der Waals surface area contributed by atoms with Crippen molar-refractivity contribution in [3.05, 3.63) is 23.3 Å². The van der Waals surface area contributed by atoms with Gasteiger partial charge in [0.2, 0.25) is 0 Å². The van der Waals surface area contributed by atoms with Gasteiger partial charge < -0.3 is 14.9 Å². The maximum Gasteiger partial charge on any atom is 0.127 e. The number of aliphatic hydroxyl groups is 1. The molecule has 2 N–H and O–H groups in total. The van der Waals surface area contributed by atoms with Crippen LogP contribution in [0.5, 0.6) is 11.5 Å². The lowest BCUT2D eigenvalue weighted by Gasteiger charge is -2.48. The van der Waals surface area contributed by atoms with Crippen molar-refractivity contribution in [1.29, 1.82) is 0 Å². The van der Waals surface area contributed by atoms with E-state index in [-0.39, 0.29) is 23.0 Å². The van der Waals surface area contributed by atoms with E-state index >= 15 is 0 Å². The van der Waals surface area contributed by atoms with Crippen molar-refractivity contribution >= 4 is 0 Å². The van der Waals surface area contributed by atoms with Gasteiger partial charge in [-0.3, -0.25) is 0 Å². The highest BCUT2D eigenvalue weighted by Gasteiger charge is 2.47. The summed E-state index contributed by atoms with van der Waals surface area (Å²) in [6.45, 7) is 8.70. The molecule has 27 heavy (non-hydrogen) atoms. The smallest absolute Gasteiger partial charge is 0.127 e. The fraction of sp³-hybridized carbons (Fsp3) is 0.667. The monoisotopic (exact) mass is 370 g/mol. The van der Waals surface area contributed by atoms with Crippen molar-refractivity contribution in [2.24, 2.45) is 5.92 Å². The SMILES string of the molecule is C#CCCCCC(C)(C)c1cc(O)c2c(c1)OC(C)(C)C1CC[C@H](O)CC21. The number of phenols is 1. The summed E-state index contributed by atoms with van der Waals surface area (Å²) < 4.78 is 6.42. The van der Waals surface area contributed by atoms with Crippen LogP contribution in [0.4, 0.5) is 0 Å². The van der Waals surface area contributed by atoms with Gasteiger partial charge in [0.05, 0.1) is 6.10 Å². The third-order valence-electron chi connectivity index (χ3n) is 6.73. The van der Waals surface area contributed by atoms with E-state index in [1.165, 1.54) is 0 Å². The van der Waals surface area contributed by atoms with Crippen LogP contribution in [0.15, 0.2) is 12.1 Å². The number of aliphatic hydroxyl groups excluding tert-OH is 1. The van der Waals surface area contributed by atoms with Gasteiger partial charge in [0.1, 0.15) is 17.1 Å². The van der Waals surface area contributed by atoms with E-state index in [4.69, 9.17) is 11.2 Å². The lowest BCUT2D eigenvalue weighted by molar-refractivity contribution is -0.0318. The third kappa shape index (κ3) is 3.97. The molecule has 1 aliphatic carbocycles. The molecule has 0 saturated heterocycles. The number of hydrogen-bond donors (Lipinski definition) is 2. The number of terminal acetylenes is 1. The molecule has 1 saturated carbocycles. The van der Waals surface area contributed by atoms with Gasteiger partial charge in [-0.05, 0) is 69.1 Å². The third-order valence-corrected chi connectivity index (χ3v) is 6.73. The molecule has 1 heterocycles. The number of rotatable bonds is 5. The number of aromatic hydroxyl groups is 1. The molecule has 1 aromatic rings. The summed E-state index contributed by atoms with van der Waals surface area (Å²) in [5.74, 6) is 4.29. The number of benzene rings is 1. The van der Waals surface area contributed by atoms with E-state index in [1.54, 1.807) is 0 Å².